The van der Waals surface area contributed by atoms with Crippen molar-refractivity contribution >= 4 is 46.1 Å². The summed E-state index contributed by atoms with van der Waals surface area (Å²) in [5.41, 5.74) is 2.76. The Balaban J connectivity index is 0.960. The second-order valence-electron chi connectivity index (χ2n) is 12.4. The van der Waals surface area contributed by atoms with Gasteiger partial charge in [-0.1, -0.05) is 12.8 Å². The number of nitrogens with zero attached hydrogens (tertiary/aromatic N) is 7. The number of ketones is 1. The lowest BCUT2D eigenvalue weighted by Gasteiger charge is -2.35. The van der Waals surface area contributed by atoms with Gasteiger partial charge in [-0.2, -0.15) is 4.98 Å². The molecule has 2 amide bonds. The zero-order chi connectivity index (χ0) is 33.2. The Kier molecular flexibility index (Phi) is 8.66. The van der Waals surface area contributed by atoms with Crippen LogP contribution in [0.1, 0.15) is 52.6 Å². The zero-order valence-corrected chi connectivity index (χ0v) is 27.1. The number of allylic oxidation sites excluding steroid dienone is 1. The van der Waals surface area contributed by atoms with Gasteiger partial charge in [-0.3, -0.25) is 14.4 Å². The van der Waals surface area contributed by atoms with Crippen LogP contribution >= 0.6 is 0 Å². The highest BCUT2D eigenvalue weighted by Crippen LogP contribution is 2.35. The summed E-state index contributed by atoms with van der Waals surface area (Å²) < 4.78 is 13.2. The molecule has 0 radical (unpaired) electrons. The molecule has 1 aliphatic carbocycles. The van der Waals surface area contributed by atoms with Gasteiger partial charge in [0.25, 0.3) is 5.91 Å². The van der Waals surface area contributed by atoms with Gasteiger partial charge < -0.3 is 34.1 Å². The summed E-state index contributed by atoms with van der Waals surface area (Å²) in [6.07, 6.45) is 10.5. The average Bonchev–Trinajstić information content (AvgIpc) is 3.78. The number of ether oxygens (including phenoxy) is 2. The number of benzene rings is 1. The highest BCUT2D eigenvalue weighted by atomic mass is 16.6. The highest BCUT2D eigenvalue weighted by Gasteiger charge is 2.27. The molecule has 2 aliphatic heterocycles. The molecule has 0 spiro atoms. The molecule has 3 aromatic heterocycles. The van der Waals surface area contributed by atoms with Crippen molar-refractivity contribution in [3.63, 3.8) is 0 Å². The van der Waals surface area contributed by atoms with Crippen molar-refractivity contribution in [2.75, 3.05) is 63.7 Å². The zero-order valence-electron chi connectivity index (χ0n) is 27.1. The summed E-state index contributed by atoms with van der Waals surface area (Å²) in [4.78, 5) is 57.9. The standard InChI is InChI=1S/C35H38N8O5/c1-40(2)34(46)27-19-24-21-37-35(39-33(24)43(27)25-5-3-4-6-25)38-31-11-8-26(22-36-31)41-13-15-42(16-14-41)32(45)12-9-28(44)23-7-10-29-30(20-23)48-18-17-47-29/h7-12,19-22,25H,3-6,13-18H2,1-2H3,(H,36,37,38,39)/b12-9+. The maximum Gasteiger partial charge on any atom is 0.270 e. The number of amides is 2. The minimum absolute atomic E-state index is 0.0451. The third kappa shape index (κ3) is 6.40. The van der Waals surface area contributed by atoms with E-state index in [2.05, 4.69) is 24.8 Å². The van der Waals surface area contributed by atoms with E-state index in [-0.39, 0.29) is 23.6 Å². The van der Waals surface area contributed by atoms with Gasteiger partial charge in [0.2, 0.25) is 11.9 Å². The van der Waals surface area contributed by atoms with Crippen LogP contribution in [0.25, 0.3) is 11.0 Å². The molecule has 48 heavy (non-hydrogen) atoms. The lowest BCUT2D eigenvalue weighted by molar-refractivity contribution is -0.126. The van der Waals surface area contributed by atoms with Crippen LogP contribution in [-0.2, 0) is 4.79 Å². The number of nitrogens with one attached hydrogen (secondary N) is 1. The molecule has 0 bridgehead atoms. The van der Waals surface area contributed by atoms with Gasteiger partial charge >= 0.3 is 0 Å². The SMILES string of the molecule is CN(C)C(=O)c1cc2cnc(Nc3ccc(N4CCN(C(=O)/C=C/C(=O)c5ccc6c(c5)OCCO6)CC4)cn3)nc2n1C1CCCC1. The van der Waals surface area contributed by atoms with Crippen molar-refractivity contribution in [1.82, 2.24) is 29.3 Å². The lowest BCUT2D eigenvalue weighted by Crippen LogP contribution is -2.48. The van der Waals surface area contributed by atoms with Crippen molar-refractivity contribution in [1.29, 1.82) is 0 Å². The highest BCUT2D eigenvalue weighted by molar-refractivity contribution is 6.08. The summed E-state index contributed by atoms with van der Waals surface area (Å²) in [6, 6.07) is 11.0. The smallest absolute Gasteiger partial charge is 0.270 e. The number of carbonyl (C=O) groups excluding carboxylic acids is 3. The summed E-state index contributed by atoms with van der Waals surface area (Å²) in [6.45, 7) is 3.23. The predicted molar refractivity (Wildman–Crippen MR) is 180 cm³/mol. The van der Waals surface area contributed by atoms with Crippen molar-refractivity contribution in [2.45, 2.75) is 31.7 Å². The first-order chi connectivity index (χ1) is 23.3. The minimum atomic E-state index is -0.268. The van der Waals surface area contributed by atoms with Gasteiger partial charge in [-0.25, -0.2) is 9.97 Å². The summed E-state index contributed by atoms with van der Waals surface area (Å²) >= 11 is 0. The number of pyridine rings is 1. The third-order valence-electron chi connectivity index (χ3n) is 9.04. The molecular weight excluding hydrogens is 612 g/mol. The van der Waals surface area contributed by atoms with Gasteiger partial charge in [-0.05, 0) is 55.3 Å². The Morgan fingerprint density at radius 2 is 1.67 bits per heavy atom. The first-order valence-corrected chi connectivity index (χ1v) is 16.3. The Labute approximate surface area is 278 Å². The second kappa shape index (κ2) is 13.3. The van der Waals surface area contributed by atoms with E-state index in [1.54, 1.807) is 54.5 Å². The fraction of sp³-hybridized carbons (Fsp3) is 0.371. The fourth-order valence-corrected chi connectivity index (χ4v) is 6.49. The Morgan fingerprint density at radius 1 is 0.896 bits per heavy atom. The van der Waals surface area contributed by atoms with Gasteiger partial charge in [-0.15, -0.1) is 0 Å². The van der Waals surface area contributed by atoms with E-state index in [1.807, 2.05) is 18.2 Å². The van der Waals surface area contributed by atoms with Crippen LogP contribution < -0.4 is 19.7 Å². The van der Waals surface area contributed by atoms with Crippen LogP contribution in [0.15, 0.2) is 60.9 Å². The fourth-order valence-electron chi connectivity index (χ4n) is 6.49. The number of aromatic nitrogens is 4. The number of anilines is 3. The van der Waals surface area contributed by atoms with Gasteiger partial charge in [0.1, 0.15) is 30.4 Å². The molecule has 13 heteroatoms. The van der Waals surface area contributed by atoms with E-state index in [1.165, 1.54) is 12.2 Å². The Morgan fingerprint density at radius 3 is 2.40 bits per heavy atom. The number of rotatable bonds is 8. The van der Waals surface area contributed by atoms with Crippen LogP contribution in [0.2, 0.25) is 0 Å². The summed E-state index contributed by atoms with van der Waals surface area (Å²) in [5, 5.41) is 4.05. The van der Waals surface area contributed by atoms with E-state index in [9.17, 15) is 14.4 Å². The molecule has 5 heterocycles. The van der Waals surface area contributed by atoms with Crippen LogP contribution in [0, 0.1) is 0 Å². The molecule has 1 aromatic carbocycles. The normalized spacial score (nSPS) is 16.5. The molecule has 7 rings (SSSR count). The van der Waals surface area contributed by atoms with Crippen LogP contribution in [-0.4, -0.2) is 100 Å². The number of hydrogen-bond acceptors (Lipinski definition) is 10. The van der Waals surface area contributed by atoms with E-state index < -0.39 is 0 Å². The molecule has 1 N–H and O–H groups in total. The van der Waals surface area contributed by atoms with E-state index in [4.69, 9.17) is 14.5 Å². The minimum Gasteiger partial charge on any atom is -0.486 e. The van der Waals surface area contributed by atoms with Crippen LogP contribution in [0.4, 0.5) is 17.5 Å². The van der Waals surface area contributed by atoms with Crippen molar-refractivity contribution in [3.8, 4) is 11.5 Å². The Hall–Kier alpha value is -5.46. The number of hydrogen-bond donors (Lipinski definition) is 1. The molecule has 0 atom stereocenters. The van der Waals surface area contributed by atoms with Crippen molar-refractivity contribution < 1.29 is 23.9 Å². The number of fused-ring (bicyclic) bond motifs is 2. The van der Waals surface area contributed by atoms with E-state index >= 15 is 0 Å². The molecule has 248 valence electrons. The van der Waals surface area contributed by atoms with Gasteiger partial charge in [0.15, 0.2) is 17.3 Å². The molecule has 3 aliphatic rings. The maximum absolute atomic E-state index is 13.0. The molecular formula is C35H38N8O5. The van der Waals surface area contributed by atoms with E-state index in [0.29, 0.717) is 73.9 Å². The number of carbonyl (C=O) groups is 3. The summed E-state index contributed by atoms with van der Waals surface area (Å²) in [5.74, 6) is 1.65. The van der Waals surface area contributed by atoms with E-state index in [0.717, 1.165) is 42.4 Å². The largest absolute Gasteiger partial charge is 0.486 e. The Bertz CT molecular complexity index is 1870. The van der Waals surface area contributed by atoms with Crippen LogP contribution in [0.3, 0.4) is 0 Å². The monoisotopic (exact) mass is 650 g/mol. The molecule has 1 saturated carbocycles. The maximum atomic E-state index is 13.0. The van der Waals surface area contributed by atoms with Crippen molar-refractivity contribution in [2.24, 2.45) is 0 Å². The predicted octanol–water partition coefficient (Wildman–Crippen LogP) is 4.25. The first-order valence-electron chi connectivity index (χ1n) is 16.3. The average molecular weight is 651 g/mol. The quantitative estimate of drug-likeness (QED) is 0.218. The molecule has 0 unspecified atom stereocenters. The van der Waals surface area contributed by atoms with Gasteiger partial charge in [0.05, 0.1) is 11.9 Å². The first kappa shape index (κ1) is 31.2. The summed E-state index contributed by atoms with van der Waals surface area (Å²) in [7, 11) is 3.53. The molecule has 4 aromatic rings. The topological polar surface area (TPSA) is 135 Å². The molecule has 13 nitrogen and oxygen atoms in total. The second-order valence-corrected chi connectivity index (χ2v) is 12.4. The van der Waals surface area contributed by atoms with Crippen LogP contribution in [0.5, 0.6) is 11.5 Å². The third-order valence-corrected chi connectivity index (χ3v) is 9.04. The number of piperazine rings is 1. The molecule has 2 fully saturated rings. The van der Waals surface area contributed by atoms with Crippen molar-refractivity contribution in [3.05, 3.63) is 72.2 Å². The molecule has 1 saturated heterocycles. The van der Waals surface area contributed by atoms with Gasteiger partial charge in [0, 0.05) is 69.5 Å². The lowest BCUT2D eigenvalue weighted by atomic mass is 10.1.